The van der Waals surface area contributed by atoms with Crippen molar-refractivity contribution in [2.45, 2.75) is 6.92 Å². The minimum Gasteiger partial charge on any atom is -0.465 e. The lowest BCUT2D eigenvalue weighted by atomic mass is 10.1. The topological polar surface area (TPSA) is 132 Å². The number of anilines is 3. The van der Waals surface area contributed by atoms with Crippen LogP contribution < -0.4 is 21.1 Å². The minimum absolute atomic E-state index is 0.122. The molecule has 4 aromatic rings. The number of carbonyl (C=O) groups excluding carboxylic acids is 4. The van der Waals surface area contributed by atoms with Crippen LogP contribution in [-0.4, -0.2) is 40.2 Å². The van der Waals surface area contributed by atoms with Gasteiger partial charge in [-0.3, -0.25) is 23.9 Å². The molecule has 3 aromatic carbocycles. The van der Waals surface area contributed by atoms with E-state index in [1.54, 1.807) is 42.9 Å². The third kappa shape index (κ3) is 4.97. The summed E-state index contributed by atoms with van der Waals surface area (Å²) in [6, 6.07) is 21.0. The second kappa shape index (κ2) is 11.2. The van der Waals surface area contributed by atoms with E-state index < -0.39 is 29.3 Å². The Morgan fingerprint density at radius 3 is 2.21 bits per heavy atom. The van der Waals surface area contributed by atoms with E-state index in [4.69, 9.17) is 16.3 Å². The molecule has 1 aliphatic heterocycles. The van der Waals surface area contributed by atoms with Crippen LogP contribution in [0.5, 0.6) is 0 Å². The molecule has 0 aliphatic carbocycles. The minimum atomic E-state index is -0.783. The van der Waals surface area contributed by atoms with Crippen molar-refractivity contribution in [3.8, 4) is 5.69 Å². The van der Waals surface area contributed by atoms with Crippen molar-refractivity contribution in [2.75, 3.05) is 22.6 Å². The maximum absolute atomic E-state index is 13.2. The number of halogens is 1. The second-order valence-electron chi connectivity index (χ2n) is 9.27. The number of hydrogen-bond acceptors (Lipinski definition) is 7. The molecule has 2 N–H and O–H groups in total. The summed E-state index contributed by atoms with van der Waals surface area (Å²) in [4.78, 5) is 65.3. The zero-order valence-corrected chi connectivity index (χ0v) is 23.4. The fraction of sp³-hybridized carbons (Fsp3) is 0.100. The number of para-hydroxylation sites is 1. The molecule has 11 nitrogen and oxygen atoms in total. The number of hydrogen-bond donors (Lipinski definition) is 2. The van der Waals surface area contributed by atoms with Crippen LogP contribution in [0.15, 0.2) is 94.4 Å². The average Bonchev–Trinajstić information content (AvgIpc) is 3.35. The fourth-order valence-corrected chi connectivity index (χ4v) is 4.73. The van der Waals surface area contributed by atoms with E-state index >= 15 is 0 Å². The van der Waals surface area contributed by atoms with Crippen molar-refractivity contribution < 1.29 is 23.9 Å². The van der Waals surface area contributed by atoms with Crippen LogP contribution in [0.2, 0.25) is 0 Å². The lowest BCUT2D eigenvalue weighted by Gasteiger charge is -2.16. The molecule has 212 valence electrons. The fourth-order valence-electron chi connectivity index (χ4n) is 4.52. The Bertz CT molecular complexity index is 1860. The summed E-state index contributed by atoms with van der Waals surface area (Å²) < 4.78 is 7.81. The van der Waals surface area contributed by atoms with Crippen LogP contribution in [0.3, 0.4) is 0 Å². The van der Waals surface area contributed by atoms with Crippen LogP contribution in [0.25, 0.3) is 5.69 Å². The molecule has 0 atom stereocenters. The number of esters is 1. The monoisotopic (exact) mass is 585 g/mol. The van der Waals surface area contributed by atoms with Crippen molar-refractivity contribution >= 4 is 52.4 Å². The number of carbonyl (C=O) groups is 4. The number of amides is 3. The highest BCUT2D eigenvalue weighted by Gasteiger charge is 2.39. The van der Waals surface area contributed by atoms with Crippen molar-refractivity contribution in [1.29, 1.82) is 0 Å². The molecule has 42 heavy (non-hydrogen) atoms. The molecule has 12 heteroatoms. The van der Waals surface area contributed by atoms with Gasteiger partial charge in [0.1, 0.15) is 16.4 Å². The average molecular weight is 586 g/mol. The van der Waals surface area contributed by atoms with Gasteiger partial charge in [0.25, 0.3) is 23.3 Å². The molecular weight excluding hydrogens is 562 g/mol. The predicted molar refractivity (Wildman–Crippen MR) is 157 cm³/mol. The van der Waals surface area contributed by atoms with Gasteiger partial charge in [-0.2, -0.15) is 0 Å². The quantitative estimate of drug-likeness (QED) is 0.248. The van der Waals surface area contributed by atoms with Crippen molar-refractivity contribution in [3.05, 3.63) is 117 Å². The number of benzene rings is 3. The van der Waals surface area contributed by atoms with E-state index in [0.717, 1.165) is 4.90 Å². The molecule has 1 aromatic heterocycles. The first-order valence-electron chi connectivity index (χ1n) is 12.6. The molecule has 5 rings (SSSR count). The Morgan fingerprint density at radius 2 is 1.50 bits per heavy atom. The van der Waals surface area contributed by atoms with Gasteiger partial charge in [-0.05, 0) is 55.5 Å². The first kappa shape index (κ1) is 28.1. The standard InChI is InChI=1S/C30H24ClN5O6/c1-17-24(29(40)36(34(17)2)21-12-5-4-6-13-21)33-26(37)18-9-7-11-20(15-18)32-25-23(31)27(38)35(28(25)39)22-14-8-10-19(16-22)30(41)42-3/h4-16,32H,1-3H3,(H,33,37). The smallest absolute Gasteiger partial charge is 0.337 e. The molecule has 0 saturated heterocycles. The van der Waals surface area contributed by atoms with Crippen LogP contribution >= 0.6 is 11.6 Å². The maximum Gasteiger partial charge on any atom is 0.337 e. The molecule has 0 radical (unpaired) electrons. The number of methoxy groups -OCH3 is 1. The normalized spacial score (nSPS) is 13.0. The maximum atomic E-state index is 13.2. The number of aromatic nitrogens is 2. The van der Waals surface area contributed by atoms with E-state index in [2.05, 4.69) is 10.6 Å². The molecule has 0 unspecified atom stereocenters. The van der Waals surface area contributed by atoms with Crippen LogP contribution in [0.1, 0.15) is 26.4 Å². The number of nitrogens with zero attached hydrogens (tertiary/aromatic N) is 3. The lowest BCUT2D eigenvalue weighted by molar-refractivity contribution is -0.120. The van der Waals surface area contributed by atoms with Gasteiger partial charge in [-0.25, -0.2) is 14.4 Å². The Morgan fingerprint density at radius 1 is 0.833 bits per heavy atom. The molecule has 0 bridgehead atoms. The van der Waals surface area contributed by atoms with Gasteiger partial charge in [0, 0.05) is 18.3 Å². The van der Waals surface area contributed by atoms with E-state index in [1.165, 1.54) is 48.2 Å². The largest absolute Gasteiger partial charge is 0.465 e. The summed E-state index contributed by atoms with van der Waals surface area (Å²) in [5, 5.41) is 5.16. The Kier molecular flexibility index (Phi) is 7.51. The van der Waals surface area contributed by atoms with Crippen LogP contribution in [0, 0.1) is 6.92 Å². The summed E-state index contributed by atoms with van der Waals surface area (Å²) in [5.41, 5.74) is 1.49. The second-order valence-corrected chi connectivity index (χ2v) is 9.65. The molecule has 0 saturated carbocycles. The van der Waals surface area contributed by atoms with E-state index in [-0.39, 0.29) is 33.2 Å². The van der Waals surface area contributed by atoms with Crippen LogP contribution in [-0.2, 0) is 21.4 Å². The van der Waals surface area contributed by atoms with Gasteiger partial charge in [-0.15, -0.1) is 0 Å². The van der Waals surface area contributed by atoms with Crippen molar-refractivity contribution in [3.63, 3.8) is 0 Å². The summed E-state index contributed by atoms with van der Waals surface area (Å²) in [6.07, 6.45) is 0. The Hall–Kier alpha value is -5.42. The lowest BCUT2D eigenvalue weighted by Crippen LogP contribution is -2.32. The Balaban J connectivity index is 1.37. The van der Waals surface area contributed by atoms with Gasteiger partial charge in [0.05, 0.1) is 29.7 Å². The zero-order valence-electron chi connectivity index (χ0n) is 22.7. The van der Waals surface area contributed by atoms with Crippen molar-refractivity contribution in [2.24, 2.45) is 7.05 Å². The SMILES string of the molecule is COC(=O)c1cccc(N2C(=O)C(Cl)=C(Nc3cccc(C(=O)Nc4c(C)n(C)n(-c5ccccc5)c4=O)c3)C2=O)c1. The summed E-state index contributed by atoms with van der Waals surface area (Å²) in [7, 11) is 2.94. The van der Waals surface area contributed by atoms with Gasteiger partial charge in [0.2, 0.25) is 0 Å². The number of ether oxygens (including phenoxy) is 1. The highest BCUT2D eigenvalue weighted by atomic mass is 35.5. The first-order valence-corrected chi connectivity index (χ1v) is 13.0. The molecule has 0 fully saturated rings. The first-order chi connectivity index (χ1) is 20.1. The molecule has 1 aliphatic rings. The van der Waals surface area contributed by atoms with Gasteiger partial charge in [0.15, 0.2) is 0 Å². The van der Waals surface area contributed by atoms with Gasteiger partial charge < -0.3 is 15.4 Å². The zero-order chi connectivity index (χ0) is 30.1. The highest BCUT2D eigenvalue weighted by molar-refractivity contribution is 6.53. The Labute approximate surface area is 244 Å². The highest BCUT2D eigenvalue weighted by Crippen LogP contribution is 2.31. The third-order valence-corrected chi connectivity index (χ3v) is 7.09. The summed E-state index contributed by atoms with van der Waals surface area (Å²) in [5.74, 6) is -2.72. The van der Waals surface area contributed by atoms with Gasteiger partial charge in [-0.1, -0.05) is 41.9 Å². The van der Waals surface area contributed by atoms with Crippen molar-refractivity contribution in [1.82, 2.24) is 9.36 Å². The molecule has 3 amide bonds. The number of rotatable bonds is 7. The van der Waals surface area contributed by atoms with E-state index in [0.29, 0.717) is 17.1 Å². The molecule has 2 heterocycles. The summed E-state index contributed by atoms with van der Waals surface area (Å²) in [6.45, 7) is 1.72. The van der Waals surface area contributed by atoms with Gasteiger partial charge >= 0.3 is 5.97 Å². The predicted octanol–water partition coefficient (Wildman–Crippen LogP) is 3.96. The third-order valence-electron chi connectivity index (χ3n) is 6.74. The molecule has 0 spiro atoms. The molecular formula is C30H24ClN5O6. The van der Waals surface area contributed by atoms with E-state index in [1.807, 2.05) is 18.2 Å². The number of imide groups is 1. The number of nitrogens with one attached hydrogen (secondary N) is 2. The van der Waals surface area contributed by atoms with Crippen LogP contribution in [0.4, 0.5) is 17.1 Å². The van der Waals surface area contributed by atoms with E-state index in [9.17, 15) is 24.0 Å². The summed E-state index contributed by atoms with van der Waals surface area (Å²) >= 11 is 6.25.